The van der Waals surface area contributed by atoms with E-state index >= 15 is 0 Å². The van der Waals surface area contributed by atoms with Crippen molar-refractivity contribution in [2.24, 2.45) is 0 Å². The second kappa shape index (κ2) is 41.8. The second-order valence-corrected chi connectivity index (χ2v) is 44.8. The van der Waals surface area contributed by atoms with Crippen molar-refractivity contribution in [1.29, 1.82) is 0 Å². The van der Waals surface area contributed by atoms with Crippen LogP contribution in [0.2, 0.25) is 0 Å². The fourth-order valence-corrected chi connectivity index (χ4v) is 15.8. The molecule has 0 aromatic heterocycles. The molecule has 0 aliphatic rings. The molecule has 10 aromatic rings. The van der Waals surface area contributed by atoms with E-state index in [1.165, 1.54) is 0 Å². The van der Waals surface area contributed by atoms with Gasteiger partial charge < -0.3 is 0 Å². The Hall–Kier alpha value is -14.9. The Kier molecular flexibility index (Phi) is 31.8. The molecule has 0 spiro atoms. The van der Waals surface area contributed by atoms with Crippen LogP contribution < -0.4 is 0 Å². The number of rotatable bonds is 12. The summed E-state index contributed by atoms with van der Waals surface area (Å²) in [7, 11) is 0. The highest BCUT2D eigenvalue weighted by atomic mass is 14.3. The third kappa shape index (κ3) is 25.1. The molecule has 0 amide bonds. The van der Waals surface area contributed by atoms with Crippen molar-refractivity contribution in [3.05, 3.63) is 423 Å². The Morgan fingerprint density at radius 1 is 0.130 bits per heavy atom. The Morgan fingerprint density at radius 2 is 0.232 bits per heavy atom. The Labute approximate surface area is 832 Å². The molecule has 0 saturated carbocycles. The maximum Gasteiger partial charge on any atom is 0.0562 e. The van der Waals surface area contributed by atoms with Gasteiger partial charge in [-0.25, -0.2) is 0 Å². The van der Waals surface area contributed by atoms with E-state index in [9.17, 15) is 0 Å². The lowest BCUT2D eigenvalue weighted by Gasteiger charge is -2.22. The lowest BCUT2D eigenvalue weighted by atomic mass is 9.82. The standard InChI is InChI=1S/C138H138/c1-40-94-73-112(130(13,14)15)74-95(41-2)121(94)64-55-106-85-118(136(31,32)33)86-107(56-65-122-96(42-3)75-113(131(16,17)18)76-97(122)43-4)127(106)61-52-91-70-92(53-62-128-108(57-66-123-98(44-5)77-114(132(19,20)21)78-99(123)45-6)87-119(137(34,35)36)88-109(128)58-67-124-100(46-7)79-115(133(22,23)24)80-101(124)47-8)72-93(71-91)54-63-129-110(59-68-125-102(48-9)81-116(134(25,26)27)82-103(125)49-10)89-120(138(37,38)39)90-111(129)60-69-126-104(50-11)83-117(135(28,29)30)84-105(126)51-12/h40-51,70-90H,1-12H2,13-39H3. The molecule has 0 N–H and O–H groups in total. The molecule has 0 heterocycles. The summed E-state index contributed by atoms with van der Waals surface area (Å²) in [5.74, 6) is 67.1. The van der Waals surface area contributed by atoms with Gasteiger partial charge in [-0.2, -0.15) is 0 Å². The first-order valence-corrected chi connectivity index (χ1v) is 47.5. The van der Waals surface area contributed by atoms with Crippen LogP contribution in [-0.2, 0) is 48.7 Å². The molecule has 0 aliphatic heterocycles. The van der Waals surface area contributed by atoms with E-state index in [0.29, 0.717) is 66.8 Å². The Balaban J connectivity index is 1.43. The van der Waals surface area contributed by atoms with Crippen LogP contribution in [0.3, 0.4) is 0 Å². The highest BCUT2D eigenvalue weighted by Crippen LogP contribution is 2.39. The third-order valence-electron chi connectivity index (χ3n) is 24.9. The van der Waals surface area contributed by atoms with Gasteiger partial charge in [0.15, 0.2) is 0 Å². The molecule has 0 atom stereocenters. The molecule has 0 nitrogen and oxygen atoms in total. The first-order chi connectivity index (χ1) is 64.5. The molecule has 0 fully saturated rings. The van der Waals surface area contributed by atoms with Crippen LogP contribution in [0.4, 0.5) is 0 Å². The van der Waals surface area contributed by atoms with Gasteiger partial charge in [-0.1, -0.05) is 445 Å². The number of benzene rings is 10. The fraction of sp³-hybridized carbons (Fsp3) is 0.261. The molecule has 0 radical (unpaired) electrons. The molecule has 0 aliphatic carbocycles. The van der Waals surface area contributed by atoms with Crippen LogP contribution >= 0.6 is 0 Å². The third-order valence-corrected chi connectivity index (χ3v) is 24.9. The van der Waals surface area contributed by atoms with Crippen LogP contribution in [0.25, 0.3) is 72.9 Å². The fourth-order valence-electron chi connectivity index (χ4n) is 15.8. The molecule has 10 rings (SSSR count). The maximum atomic E-state index is 4.34. The first kappa shape index (κ1) is 105. The van der Waals surface area contributed by atoms with Crippen molar-refractivity contribution in [3.63, 3.8) is 0 Å². The highest BCUT2D eigenvalue weighted by molar-refractivity contribution is 5.80. The predicted molar refractivity (Wildman–Crippen MR) is 608 cm³/mol. The van der Waals surface area contributed by atoms with E-state index in [-0.39, 0.29) is 48.7 Å². The van der Waals surface area contributed by atoms with Crippen LogP contribution in [0.1, 0.15) is 404 Å². The van der Waals surface area contributed by atoms with Crippen LogP contribution in [0, 0.1) is 107 Å². The minimum Gasteiger partial charge on any atom is -0.0984 e. The zero-order valence-electron chi connectivity index (χ0n) is 87.5. The quantitative estimate of drug-likeness (QED) is 0.107. The highest BCUT2D eigenvalue weighted by Gasteiger charge is 2.28. The molecule has 0 heteroatoms. The number of hydrogen-bond donors (Lipinski definition) is 0. The van der Waals surface area contributed by atoms with Crippen LogP contribution in [-0.4, -0.2) is 0 Å². The van der Waals surface area contributed by atoms with Gasteiger partial charge in [-0.15, -0.1) is 0 Å². The summed E-state index contributed by atoms with van der Waals surface area (Å²) in [4.78, 5) is 0. The molecular weight excluding hydrogens is 1660 g/mol. The molecule has 10 aromatic carbocycles. The molecular formula is C138H138. The largest absolute Gasteiger partial charge is 0.0984 e. The van der Waals surface area contributed by atoms with Crippen molar-refractivity contribution in [1.82, 2.24) is 0 Å². The summed E-state index contributed by atoms with van der Waals surface area (Å²) in [6.07, 6.45) is 22.5. The normalized spacial score (nSPS) is 11.4. The Morgan fingerprint density at radius 3 is 0.333 bits per heavy atom. The second-order valence-electron chi connectivity index (χ2n) is 44.8. The van der Waals surface area contributed by atoms with Crippen LogP contribution in [0.5, 0.6) is 0 Å². The van der Waals surface area contributed by atoms with Crippen molar-refractivity contribution < 1.29 is 0 Å². The molecule has 690 valence electrons. The van der Waals surface area contributed by atoms with Gasteiger partial charge in [0, 0.05) is 83.5 Å². The predicted octanol–water partition coefficient (Wildman–Crippen LogP) is 33.7. The number of hydrogen-bond acceptors (Lipinski definition) is 0. The van der Waals surface area contributed by atoms with Crippen molar-refractivity contribution >= 4 is 72.9 Å². The van der Waals surface area contributed by atoms with E-state index in [2.05, 4.69) is 482 Å². The zero-order valence-corrected chi connectivity index (χ0v) is 87.5. The van der Waals surface area contributed by atoms with Gasteiger partial charge >= 0.3 is 0 Å². The van der Waals surface area contributed by atoms with Gasteiger partial charge in [-0.3, -0.25) is 0 Å². The average molecular weight is 1800 g/mol. The molecule has 0 unspecified atom stereocenters. The van der Waals surface area contributed by atoms with E-state index in [4.69, 9.17) is 0 Å². The van der Waals surface area contributed by atoms with Crippen molar-refractivity contribution in [3.8, 4) is 107 Å². The van der Waals surface area contributed by atoms with E-state index in [1.807, 2.05) is 91.1 Å². The Bertz CT molecular complexity index is 6150. The average Bonchev–Trinajstić information content (AvgIpc) is 0.778. The summed E-state index contributed by atoms with van der Waals surface area (Å²) in [6, 6.07) is 45.2. The summed E-state index contributed by atoms with van der Waals surface area (Å²) < 4.78 is 0. The monoisotopic (exact) mass is 1800 g/mol. The van der Waals surface area contributed by atoms with Crippen molar-refractivity contribution in [2.45, 2.75) is 236 Å². The first-order valence-electron chi connectivity index (χ1n) is 47.5. The van der Waals surface area contributed by atoms with Gasteiger partial charge in [0.1, 0.15) is 0 Å². The SMILES string of the molecule is C=Cc1cc(C(C)(C)C)cc(C=C)c1C#Cc1cc(C(C)(C)C)cc(C#Cc2c(C=C)cc(C(C)(C)C)cc2C=C)c1C#Cc1cc(C#Cc2c(C#Cc3c(C=C)cc(C(C)(C)C)cc3C=C)cc(C(C)(C)C)cc2C#Cc2c(C=C)cc(C(C)(C)C)cc2C=C)cc(C#Cc2c(C#Cc3c(C=C)cc(C(C)(C)C)cc3C=C)cc(C(C)(C)C)cc2C#Cc2c(C=C)cc(C(C)(C)C)cc2C=C)c1. The van der Waals surface area contributed by atoms with Gasteiger partial charge in [0.2, 0.25) is 0 Å². The topological polar surface area (TPSA) is 0 Å². The minimum atomic E-state index is -0.379. The minimum absolute atomic E-state index is 0.173. The molecule has 138 heavy (non-hydrogen) atoms. The van der Waals surface area contributed by atoms with Crippen LogP contribution in [0.15, 0.2) is 206 Å². The summed E-state index contributed by atoms with van der Waals surface area (Å²) in [6.45, 7) is 112. The summed E-state index contributed by atoms with van der Waals surface area (Å²) in [5.41, 5.74) is 30.8. The van der Waals surface area contributed by atoms with E-state index in [0.717, 1.165) is 150 Å². The zero-order chi connectivity index (χ0) is 102. The van der Waals surface area contributed by atoms with Gasteiger partial charge in [0.25, 0.3) is 0 Å². The lowest BCUT2D eigenvalue weighted by Crippen LogP contribution is -2.13. The molecule has 0 saturated heterocycles. The smallest absolute Gasteiger partial charge is 0.0562 e. The lowest BCUT2D eigenvalue weighted by molar-refractivity contribution is 0.589. The summed E-state index contributed by atoms with van der Waals surface area (Å²) in [5, 5.41) is 0. The maximum absolute atomic E-state index is 4.34. The summed E-state index contributed by atoms with van der Waals surface area (Å²) >= 11 is 0. The van der Waals surface area contributed by atoms with Crippen molar-refractivity contribution in [2.75, 3.05) is 0 Å². The van der Waals surface area contributed by atoms with Gasteiger partial charge in [-0.05, 0) is 293 Å². The van der Waals surface area contributed by atoms with Gasteiger partial charge in [0.05, 0.1) is 16.7 Å². The van der Waals surface area contributed by atoms with E-state index < -0.39 is 0 Å². The molecule has 0 bridgehead atoms. The van der Waals surface area contributed by atoms with E-state index in [1.54, 1.807) is 0 Å².